The van der Waals surface area contributed by atoms with Gasteiger partial charge < -0.3 is 0 Å². The lowest BCUT2D eigenvalue weighted by Gasteiger charge is -2.19. The average Bonchev–Trinajstić information content (AvgIpc) is 1.90. The molecule has 0 amide bonds. The predicted molar refractivity (Wildman–Crippen MR) is 42.2 cm³/mol. The van der Waals surface area contributed by atoms with Crippen molar-refractivity contribution in [2.45, 2.75) is 11.3 Å². The summed E-state index contributed by atoms with van der Waals surface area (Å²) in [6.07, 6.45) is 8.71. The molecule has 0 nitrogen and oxygen atoms in total. The van der Waals surface area contributed by atoms with E-state index >= 15 is 0 Å². The molecule has 0 N–H and O–H groups in total. The monoisotopic (exact) mass is 162 g/mol. The molecular weight excluding hydrogens is 155 g/mol. The Labute approximate surface area is 65.2 Å². The van der Waals surface area contributed by atoms with Crippen molar-refractivity contribution in [3.63, 3.8) is 0 Å². The summed E-state index contributed by atoms with van der Waals surface area (Å²) in [7, 11) is 0. The number of hydrogen-bond acceptors (Lipinski definition) is 0. The molecule has 0 aliphatic heterocycles. The van der Waals surface area contributed by atoms with Crippen LogP contribution in [0.2, 0.25) is 0 Å². The Kier molecular flexibility index (Phi) is 2.20. The van der Waals surface area contributed by atoms with Crippen LogP contribution < -0.4 is 0 Å². The smallest absolute Gasteiger partial charge is 0.0798 e. The van der Waals surface area contributed by atoms with Crippen molar-refractivity contribution in [3.8, 4) is 0 Å². The van der Waals surface area contributed by atoms with Gasteiger partial charge in [-0.25, -0.2) is 0 Å². The van der Waals surface area contributed by atoms with Gasteiger partial charge in [0.1, 0.15) is 0 Å². The van der Waals surface area contributed by atoms with Gasteiger partial charge >= 0.3 is 0 Å². The summed E-state index contributed by atoms with van der Waals surface area (Å²) >= 11 is 11.6. The Balaban J connectivity index is 2.63. The fourth-order valence-corrected chi connectivity index (χ4v) is 1.10. The molecule has 1 aliphatic rings. The van der Waals surface area contributed by atoms with Crippen molar-refractivity contribution < 1.29 is 0 Å². The van der Waals surface area contributed by atoms with E-state index in [4.69, 9.17) is 23.2 Å². The molecule has 0 bridgehead atoms. The molecule has 0 saturated heterocycles. The van der Waals surface area contributed by atoms with Gasteiger partial charge in [0.15, 0.2) is 0 Å². The molecule has 50 valence electrons. The standard InChI is InChI=1S/C7H8Cl2/c8-6-7(9)4-2-1-3-5-7/h1-4H,5-6H2. The third kappa shape index (κ3) is 1.74. The maximum absolute atomic E-state index is 5.99. The van der Waals surface area contributed by atoms with Gasteiger partial charge in [0.25, 0.3) is 0 Å². The van der Waals surface area contributed by atoms with E-state index < -0.39 is 0 Å². The molecule has 0 heterocycles. The summed E-state index contributed by atoms with van der Waals surface area (Å²) in [5.74, 6) is 0.482. The third-order valence-electron chi connectivity index (χ3n) is 1.32. The summed E-state index contributed by atoms with van der Waals surface area (Å²) in [4.78, 5) is -0.309. The highest BCUT2D eigenvalue weighted by atomic mass is 35.5. The zero-order valence-corrected chi connectivity index (χ0v) is 6.49. The summed E-state index contributed by atoms with van der Waals surface area (Å²) in [5.41, 5.74) is 0. The molecule has 0 aromatic heterocycles. The zero-order valence-electron chi connectivity index (χ0n) is 4.98. The summed E-state index contributed by atoms with van der Waals surface area (Å²) in [5, 5.41) is 0. The van der Waals surface area contributed by atoms with Crippen molar-refractivity contribution in [3.05, 3.63) is 24.3 Å². The second kappa shape index (κ2) is 2.76. The first-order valence-corrected chi connectivity index (χ1v) is 3.77. The lowest BCUT2D eigenvalue weighted by molar-refractivity contribution is 0.791. The first-order chi connectivity index (χ1) is 4.27. The van der Waals surface area contributed by atoms with Gasteiger partial charge in [0.05, 0.1) is 4.87 Å². The Bertz CT molecular complexity index is 149. The zero-order chi connectivity index (χ0) is 6.74. The van der Waals surface area contributed by atoms with Gasteiger partial charge in [0.2, 0.25) is 0 Å². The van der Waals surface area contributed by atoms with Crippen LogP contribution in [0.3, 0.4) is 0 Å². The molecule has 1 unspecified atom stereocenters. The molecule has 0 radical (unpaired) electrons. The minimum absolute atomic E-state index is 0.309. The number of rotatable bonds is 1. The van der Waals surface area contributed by atoms with Crippen LogP contribution in [0.1, 0.15) is 6.42 Å². The Morgan fingerprint density at radius 2 is 2.22 bits per heavy atom. The van der Waals surface area contributed by atoms with Crippen molar-refractivity contribution in [1.82, 2.24) is 0 Å². The topological polar surface area (TPSA) is 0 Å². The molecular formula is C7H8Cl2. The van der Waals surface area contributed by atoms with E-state index in [1.165, 1.54) is 0 Å². The molecule has 0 saturated carbocycles. The van der Waals surface area contributed by atoms with Crippen LogP contribution in [0.5, 0.6) is 0 Å². The van der Waals surface area contributed by atoms with E-state index in [1.54, 1.807) is 0 Å². The quantitative estimate of drug-likeness (QED) is 0.521. The minimum Gasteiger partial charge on any atom is -0.124 e. The van der Waals surface area contributed by atoms with Crippen molar-refractivity contribution in [2.24, 2.45) is 0 Å². The van der Waals surface area contributed by atoms with Crippen LogP contribution >= 0.6 is 23.2 Å². The fraction of sp³-hybridized carbons (Fsp3) is 0.429. The SMILES string of the molecule is ClCC1(Cl)C=CC=CC1. The molecule has 0 aromatic rings. The molecule has 1 rings (SSSR count). The molecule has 2 heteroatoms. The first-order valence-electron chi connectivity index (χ1n) is 2.86. The van der Waals surface area contributed by atoms with Gasteiger partial charge in [-0.2, -0.15) is 0 Å². The third-order valence-corrected chi connectivity index (χ3v) is 2.35. The second-order valence-electron chi connectivity index (χ2n) is 2.16. The predicted octanol–water partition coefficient (Wildman–Crippen LogP) is 2.72. The van der Waals surface area contributed by atoms with Gasteiger partial charge in [0, 0.05) is 5.88 Å². The maximum atomic E-state index is 5.99. The van der Waals surface area contributed by atoms with Crippen molar-refractivity contribution in [1.29, 1.82) is 0 Å². The first kappa shape index (κ1) is 7.17. The molecule has 9 heavy (non-hydrogen) atoms. The summed E-state index contributed by atoms with van der Waals surface area (Å²) in [6, 6.07) is 0. The summed E-state index contributed by atoms with van der Waals surface area (Å²) < 4.78 is 0. The van der Waals surface area contributed by atoms with Crippen LogP contribution in [0.4, 0.5) is 0 Å². The molecule has 1 atom stereocenters. The molecule has 1 aliphatic carbocycles. The van der Waals surface area contributed by atoms with Gasteiger partial charge in [-0.15, -0.1) is 23.2 Å². The number of halogens is 2. The van der Waals surface area contributed by atoms with Crippen LogP contribution in [0, 0.1) is 0 Å². The Morgan fingerprint density at radius 3 is 2.56 bits per heavy atom. The van der Waals surface area contributed by atoms with E-state index in [9.17, 15) is 0 Å². The van der Waals surface area contributed by atoms with E-state index in [-0.39, 0.29) is 4.87 Å². The highest BCUT2D eigenvalue weighted by Crippen LogP contribution is 2.26. The van der Waals surface area contributed by atoms with Crippen LogP contribution in [-0.4, -0.2) is 10.8 Å². The minimum atomic E-state index is -0.309. The highest BCUT2D eigenvalue weighted by Gasteiger charge is 2.21. The normalized spacial score (nSPS) is 33.1. The average molecular weight is 163 g/mol. The molecule has 0 fully saturated rings. The van der Waals surface area contributed by atoms with E-state index in [0.717, 1.165) is 6.42 Å². The van der Waals surface area contributed by atoms with Crippen molar-refractivity contribution >= 4 is 23.2 Å². The van der Waals surface area contributed by atoms with Crippen molar-refractivity contribution in [2.75, 3.05) is 5.88 Å². The Morgan fingerprint density at radius 1 is 1.44 bits per heavy atom. The Hall–Kier alpha value is 0.0600. The van der Waals surface area contributed by atoms with E-state index in [0.29, 0.717) is 5.88 Å². The summed E-state index contributed by atoms with van der Waals surface area (Å²) in [6.45, 7) is 0. The number of hydrogen-bond donors (Lipinski definition) is 0. The van der Waals surface area contributed by atoms with Gasteiger partial charge in [-0.3, -0.25) is 0 Å². The molecule has 0 spiro atoms. The number of alkyl halides is 2. The van der Waals surface area contributed by atoms with Gasteiger partial charge in [-0.05, 0) is 6.42 Å². The van der Waals surface area contributed by atoms with Crippen LogP contribution in [0.25, 0.3) is 0 Å². The lowest BCUT2D eigenvalue weighted by Crippen LogP contribution is -2.20. The number of allylic oxidation sites excluding steroid dienone is 4. The van der Waals surface area contributed by atoms with Gasteiger partial charge in [-0.1, -0.05) is 24.3 Å². The highest BCUT2D eigenvalue weighted by molar-refractivity contribution is 6.32. The largest absolute Gasteiger partial charge is 0.124 e. The van der Waals surface area contributed by atoms with Crippen LogP contribution in [0.15, 0.2) is 24.3 Å². The van der Waals surface area contributed by atoms with E-state index in [2.05, 4.69) is 0 Å². The van der Waals surface area contributed by atoms with E-state index in [1.807, 2.05) is 24.3 Å². The lowest BCUT2D eigenvalue weighted by atomic mass is 10.0. The maximum Gasteiger partial charge on any atom is 0.0798 e. The second-order valence-corrected chi connectivity index (χ2v) is 3.18. The molecule has 0 aromatic carbocycles. The van der Waals surface area contributed by atoms with Crippen LogP contribution in [-0.2, 0) is 0 Å². The fourth-order valence-electron chi connectivity index (χ4n) is 0.738.